The lowest BCUT2D eigenvalue weighted by atomic mass is 10.0. The van der Waals surface area contributed by atoms with Crippen molar-refractivity contribution in [3.05, 3.63) is 71.5 Å². The Morgan fingerprint density at radius 1 is 1.00 bits per heavy atom. The molecule has 2 aromatic rings. The van der Waals surface area contributed by atoms with Gasteiger partial charge in [0.1, 0.15) is 5.82 Å². The predicted octanol–water partition coefficient (Wildman–Crippen LogP) is 4.85. The third-order valence-corrected chi connectivity index (χ3v) is 3.51. The molecule has 2 heteroatoms. The van der Waals surface area contributed by atoms with Crippen LogP contribution in [-0.4, -0.2) is 0 Å². The van der Waals surface area contributed by atoms with Crippen molar-refractivity contribution >= 4 is 0 Å². The summed E-state index contributed by atoms with van der Waals surface area (Å²) < 4.78 is 13.0. The number of benzene rings is 2. The summed E-state index contributed by atoms with van der Waals surface area (Å²) in [5.41, 5.74) is 2.44. The van der Waals surface area contributed by atoms with Crippen LogP contribution in [0.5, 0.6) is 0 Å². The van der Waals surface area contributed by atoms with Gasteiger partial charge >= 0.3 is 0 Å². The zero-order valence-corrected chi connectivity index (χ0v) is 12.0. The van der Waals surface area contributed by atoms with Crippen molar-refractivity contribution in [1.82, 2.24) is 5.32 Å². The van der Waals surface area contributed by atoms with E-state index in [2.05, 4.69) is 36.5 Å². The van der Waals surface area contributed by atoms with Gasteiger partial charge in [-0.1, -0.05) is 62.2 Å². The van der Waals surface area contributed by atoms with Crippen LogP contribution in [0, 0.1) is 5.82 Å². The molecule has 20 heavy (non-hydrogen) atoms. The van der Waals surface area contributed by atoms with Crippen molar-refractivity contribution in [3.8, 4) is 0 Å². The summed E-state index contributed by atoms with van der Waals surface area (Å²) in [7, 11) is 0. The Kier molecular flexibility index (Phi) is 5.75. The summed E-state index contributed by atoms with van der Waals surface area (Å²) in [5, 5.41) is 3.58. The molecule has 0 aliphatic heterocycles. The average Bonchev–Trinajstić information content (AvgIpc) is 2.50. The predicted molar refractivity (Wildman–Crippen MR) is 81.9 cm³/mol. The standard InChI is InChI=1S/C18H22FN/c1-2-3-9-18(16-10-12-17(19)13-11-16)20-14-15-7-5-4-6-8-15/h4-8,10-13,18,20H,2-3,9,14H2,1H3. The zero-order chi connectivity index (χ0) is 14.2. The van der Waals surface area contributed by atoms with E-state index < -0.39 is 0 Å². The second-order valence-corrected chi connectivity index (χ2v) is 5.11. The molecule has 0 spiro atoms. The second-order valence-electron chi connectivity index (χ2n) is 5.11. The highest BCUT2D eigenvalue weighted by Gasteiger charge is 2.10. The van der Waals surface area contributed by atoms with Crippen LogP contribution < -0.4 is 5.32 Å². The first kappa shape index (κ1) is 14.7. The van der Waals surface area contributed by atoms with Crippen molar-refractivity contribution in [3.63, 3.8) is 0 Å². The van der Waals surface area contributed by atoms with Crippen molar-refractivity contribution in [2.45, 2.75) is 38.8 Å². The molecule has 1 nitrogen and oxygen atoms in total. The second kappa shape index (κ2) is 7.81. The Morgan fingerprint density at radius 3 is 2.35 bits per heavy atom. The summed E-state index contributed by atoms with van der Waals surface area (Å²) in [5.74, 6) is -0.175. The van der Waals surface area contributed by atoms with E-state index >= 15 is 0 Å². The van der Waals surface area contributed by atoms with E-state index in [4.69, 9.17) is 0 Å². The summed E-state index contributed by atoms with van der Waals surface area (Å²) >= 11 is 0. The molecule has 106 valence electrons. The third-order valence-electron chi connectivity index (χ3n) is 3.51. The Labute approximate surface area is 120 Å². The molecule has 0 bridgehead atoms. The topological polar surface area (TPSA) is 12.0 Å². The lowest BCUT2D eigenvalue weighted by Gasteiger charge is -2.19. The first-order chi connectivity index (χ1) is 9.79. The van der Waals surface area contributed by atoms with Crippen LogP contribution >= 0.6 is 0 Å². The van der Waals surface area contributed by atoms with Gasteiger partial charge < -0.3 is 5.32 Å². The maximum Gasteiger partial charge on any atom is 0.123 e. The van der Waals surface area contributed by atoms with Crippen LogP contribution in [0.3, 0.4) is 0 Å². The lowest BCUT2D eigenvalue weighted by molar-refractivity contribution is 0.479. The van der Waals surface area contributed by atoms with Crippen LogP contribution in [0.2, 0.25) is 0 Å². The first-order valence-corrected chi connectivity index (χ1v) is 7.32. The van der Waals surface area contributed by atoms with E-state index in [0.29, 0.717) is 0 Å². The lowest BCUT2D eigenvalue weighted by Crippen LogP contribution is -2.21. The highest BCUT2D eigenvalue weighted by Crippen LogP contribution is 2.20. The van der Waals surface area contributed by atoms with E-state index in [0.717, 1.165) is 18.5 Å². The van der Waals surface area contributed by atoms with E-state index in [1.807, 2.05) is 18.2 Å². The SMILES string of the molecule is CCCCC(NCc1ccccc1)c1ccc(F)cc1. The largest absolute Gasteiger partial charge is 0.306 e. The van der Waals surface area contributed by atoms with Gasteiger partial charge in [-0.05, 0) is 29.7 Å². The van der Waals surface area contributed by atoms with Gasteiger partial charge in [-0.25, -0.2) is 4.39 Å². The van der Waals surface area contributed by atoms with Crippen LogP contribution in [0.15, 0.2) is 54.6 Å². The molecule has 1 N–H and O–H groups in total. The molecule has 0 radical (unpaired) electrons. The summed E-state index contributed by atoms with van der Waals surface area (Å²) in [6.07, 6.45) is 3.42. The molecule has 2 aromatic carbocycles. The van der Waals surface area contributed by atoms with Gasteiger partial charge in [-0.15, -0.1) is 0 Å². The quantitative estimate of drug-likeness (QED) is 0.759. The molecule has 1 unspecified atom stereocenters. The Balaban J connectivity index is 2.01. The van der Waals surface area contributed by atoms with Crippen LogP contribution in [-0.2, 0) is 6.54 Å². The van der Waals surface area contributed by atoms with Gasteiger partial charge in [0.25, 0.3) is 0 Å². The number of rotatable bonds is 7. The maximum atomic E-state index is 13.0. The smallest absolute Gasteiger partial charge is 0.123 e. The van der Waals surface area contributed by atoms with Crippen molar-refractivity contribution in [1.29, 1.82) is 0 Å². The summed E-state index contributed by atoms with van der Waals surface area (Å²) in [6.45, 7) is 3.03. The Morgan fingerprint density at radius 2 is 1.70 bits per heavy atom. The van der Waals surface area contributed by atoms with Gasteiger partial charge in [0.05, 0.1) is 0 Å². The zero-order valence-electron chi connectivity index (χ0n) is 12.0. The van der Waals surface area contributed by atoms with Gasteiger partial charge in [-0.2, -0.15) is 0 Å². The number of hydrogen-bond acceptors (Lipinski definition) is 1. The van der Waals surface area contributed by atoms with E-state index in [1.165, 1.54) is 18.4 Å². The molecular formula is C18H22FN. The summed E-state index contributed by atoms with van der Waals surface area (Å²) in [6, 6.07) is 17.5. The molecule has 0 saturated heterocycles. The molecule has 0 aromatic heterocycles. The molecule has 2 rings (SSSR count). The van der Waals surface area contributed by atoms with Gasteiger partial charge in [0.2, 0.25) is 0 Å². The molecule has 0 aliphatic carbocycles. The fourth-order valence-electron chi connectivity index (χ4n) is 2.33. The molecule has 1 atom stereocenters. The maximum absolute atomic E-state index is 13.0. The highest BCUT2D eigenvalue weighted by atomic mass is 19.1. The number of halogens is 1. The highest BCUT2D eigenvalue weighted by molar-refractivity contribution is 5.21. The van der Waals surface area contributed by atoms with E-state index in [9.17, 15) is 4.39 Å². The van der Waals surface area contributed by atoms with Crippen molar-refractivity contribution < 1.29 is 4.39 Å². The van der Waals surface area contributed by atoms with Crippen molar-refractivity contribution in [2.75, 3.05) is 0 Å². The van der Waals surface area contributed by atoms with Gasteiger partial charge in [0.15, 0.2) is 0 Å². The minimum absolute atomic E-state index is 0.175. The van der Waals surface area contributed by atoms with E-state index in [-0.39, 0.29) is 11.9 Å². The fourth-order valence-corrected chi connectivity index (χ4v) is 2.33. The normalized spacial score (nSPS) is 12.3. The van der Waals surface area contributed by atoms with Crippen LogP contribution in [0.4, 0.5) is 4.39 Å². The minimum Gasteiger partial charge on any atom is -0.306 e. The van der Waals surface area contributed by atoms with E-state index in [1.54, 1.807) is 12.1 Å². The minimum atomic E-state index is -0.175. The number of nitrogens with one attached hydrogen (secondary N) is 1. The molecular weight excluding hydrogens is 249 g/mol. The molecule has 0 aliphatic rings. The van der Waals surface area contributed by atoms with Crippen LogP contribution in [0.25, 0.3) is 0 Å². The third kappa shape index (κ3) is 4.46. The van der Waals surface area contributed by atoms with Crippen molar-refractivity contribution in [2.24, 2.45) is 0 Å². The number of unbranched alkanes of at least 4 members (excludes halogenated alkanes) is 1. The molecule has 0 amide bonds. The fraction of sp³-hybridized carbons (Fsp3) is 0.333. The molecule has 0 fully saturated rings. The van der Waals surface area contributed by atoms with Gasteiger partial charge in [-0.3, -0.25) is 0 Å². The number of hydrogen-bond donors (Lipinski definition) is 1. The first-order valence-electron chi connectivity index (χ1n) is 7.32. The van der Waals surface area contributed by atoms with Gasteiger partial charge in [0, 0.05) is 12.6 Å². The average molecular weight is 271 g/mol. The Bertz CT molecular complexity index is 493. The Hall–Kier alpha value is -1.67. The van der Waals surface area contributed by atoms with Crippen LogP contribution in [0.1, 0.15) is 43.4 Å². The molecule has 0 heterocycles. The monoisotopic (exact) mass is 271 g/mol. The molecule has 0 saturated carbocycles. The summed E-state index contributed by atoms with van der Waals surface area (Å²) in [4.78, 5) is 0.